The number of carbonyl (C=O) groups is 2. The molecule has 3 N–H and O–H groups in total. The number of urea groups is 1. The number of amides is 2. The van der Waals surface area contributed by atoms with Crippen molar-refractivity contribution in [2.24, 2.45) is 17.3 Å². The lowest BCUT2D eigenvalue weighted by Gasteiger charge is -2.52. The molecule has 1 aliphatic rings. The van der Waals surface area contributed by atoms with Crippen LogP contribution in [0.15, 0.2) is 18.2 Å². The van der Waals surface area contributed by atoms with Gasteiger partial charge in [-0.05, 0) is 48.8 Å². The number of carboxylic acids is 1. The Bertz CT molecular complexity index is 848. The summed E-state index contributed by atoms with van der Waals surface area (Å²) in [6.07, 6.45) is 1.71. The number of hydrogen-bond acceptors (Lipinski definition) is 4. The van der Waals surface area contributed by atoms with Crippen LogP contribution in [0.4, 0.5) is 10.5 Å². The molecule has 1 unspecified atom stereocenters. The van der Waals surface area contributed by atoms with Gasteiger partial charge in [-0.15, -0.1) is 0 Å². The Morgan fingerprint density at radius 1 is 1.33 bits per heavy atom. The number of anilines is 1. The molecule has 150 valence electrons. The van der Waals surface area contributed by atoms with E-state index >= 15 is 0 Å². The number of carboxylic acid groups (broad SMARTS) is 1. The second-order valence-corrected chi connectivity index (χ2v) is 10.2. The summed E-state index contributed by atoms with van der Waals surface area (Å²) in [5, 5.41) is 14.9. The van der Waals surface area contributed by atoms with Crippen molar-refractivity contribution in [2.45, 2.75) is 45.9 Å². The zero-order chi connectivity index (χ0) is 20.6. The fourth-order valence-corrected chi connectivity index (χ4v) is 4.83. The Balaban J connectivity index is 2.02. The minimum absolute atomic E-state index is 0.0713. The van der Waals surface area contributed by atoms with Crippen molar-refractivity contribution in [2.75, 3.05) is 11.6 Å². The van der Waals surface area contributed by atoms with E-state index in [2.05, 4.69) is 10.6 Å². The SMILES string of the molecule is Cc1c(CS(C)(=O)=O)cccc1NC(=O)NC(C)[C@@H]1C[C@H](C(=O)O)C1(C)C. The van der Waals surface area contributed by atoms with Gasteiger partial charge in [0.2, 0.25) is 0 Å². The first-order valence-corrected chi connectivity index (χ1v) is 11.0. The highest BCUT2D eigenvalue weighted by molar-refractivity contribution is 7.89. The maximum absolute atomic E-state index is 12.4. The second kappa shape index (κ2) is 7.50. The molecule has 1 aromatic carbocycles. The number of carbonyl (C=O) groups excluding carboxylic acids is 1. The average molecular weight is 397 g/mol. The van der Waals surface area contributed by atoms with Crippen LogP contribution in [0.1, 0.15) is 38.3 Å². The van der Waals surface area contributed by atoms with E-state index in [9.17, 15) is 23.1 Å². The van der Waals surface area contributed by atoms with Crippen LogP contribution in [0, 0.1) is 24.2 Å². The minimum Gasteiger partial charge on any atom is -0.481 e. The van der Waals surface area contributed by atoms with Crippen molar-refractivity contribution in [3.05, 3.63) is 29.3 Å². The van der Waals surface area contributed by atoms with E-state index in [4.69, 9.17) is 0 Å². The van der Waals surface area contributed by atoms with E-state index in [1.165, 1.54) is 6.26 Å². The van der Waals surface area contributed by atoms with E-state index in [1.807, 2.05) is 20.8 Å². The van der Waals surface area contributed by atoms with Crippen LogP contribution in [0.3, 0.4) is 0 Å². The van der Waals surface area contributed by atoms with Gasteiger partial charge in [0.15, 0.2) is 9.84 Å². The van der Waals surface area contributed by atoms with E-state index in [-0.39, 0.29) is 23.1 Å². The largest absolute Gasteiger partial charge is 0.481 e. The van der Waals surface area contributed by atoms with Gasteiger partial charge in [-0.3, -0.25) is 4.79 Å². The summed E-state index contributed by atoms with van der Waals surface area (Å²) < 4.78 is 23.1. The third kappa shape index (κ3) is 4.80. The molecule has 0 spiro atoms. The van der Waals surface area contributed by atoms with Gasteiger partial charge in [0.1, 0.15) is 0 Å². The minimum atomic E-state index is -3.17. The number of rotatable bonds is 6. The predicted octanol–water partition coefficient (Wildman–Crippen LogP) is 2.80. The van der Waals surface area contributed by atoms with Crippen LogP contribution in [-0.2, 0) is 20.4 Å². The molecule has 0 heterocycles. The average Bonchev–Trinajstić information content (AvgIpc) is 2.48. The molecule has 0 aliphatic heterocycles. The molecule has 1 aromatic rings. The van der Waals surface area contributed by atoms with Gasteiger partial charge in [-0.2, -0.15) is 0 Å². The second-order valence-electron chi connectivity index (χ2n) is 8.10. The topological polar surface area (TPSA) is 113 Å². The summed E-state index contributed by atoms with van der Waals surface area (Å²) in [5.74, 6) is -1.21. The van der Waals surface area contributed by atoms with Gasteiger partial charge < -0.3 is 15.7 Å². The molecule has 0 aromatic heterocycles. The Labute approximate surface area is 160 Å². The van der Waals surface area contributed by atoms with Gasteiger partial charge >= 0.3 is 12.0 Å². The molecule has 27 heavy (non-hydrogen) atoms. The maximum atomic E-state index is 12.4. The lowest BCUT2D eigenvalue weighted by atomic mass is 9.53. The van der Waals surface area contributed by atoms with Crippen LogP contribution in [0.5, 0.6) is 0 Å². The number of nitrogens with one attached hydrogen (secondary N) is 2. The quantitative estimate of drug-likeness (QED) is 0.684. The highest BCUT2D eigenvalue weighted by atomic mass is 32.2. The van der Waals surface area contributed by atoms with Crippen molar-refractivity contribution >= 4 is 27.5 Å². The molecular formula is C19H28N2O5S. The van der Waals surface area contributed by atoms with Gasteiger partial charge in [-0.1, -0.05) is 26.0 Å². The number of sulfone groups is 1. The number of benzene rings is 1. The van der Waals surface area contributed by atoms with Crippen molar-refractivity contribution in [1.29, 1.82) is 0 Å². The van der Waals surface area contributed by atoms with E-state index < -0.39 is 27.8 Å². The Morgan fingerprint density at radius 3 is 2.48 bits per heavy atom. The summed E-state index contributed by atoms with van der Waals surface area (Å²) in [5.41, 5.74) is 1.52. The predicted molar refractivity (Wildman–Crippen MR) is 104 cm³/mol. The number of hydrogen-bond donors (Lipinski definition) is 3. The summed E-state index contributed by atoms with van der Waals surface area (Å²) in [7, 11) is -3.17. The van der Waals surface area contributed by atoms with Gasteiger partial charge in [0.05, 0.1) is 11.7 Å². The summed E-state index contributed by atoms with van der Waals surface area (Å²) >= 11 is 0. The molecule has 2 amide bonds. The highest BCUT2D eigenvalue weighted by Crippen LogP contribution is 2.52. The molecule has 0 radical (unpaired) electrons. The van der Waals surface area contributed by atoms with Crippen molar-refractivity contribution < 1.29 is 23.1 Å². The molecule has 1 saturated carbocycles. The zero-order valence-electron chi connectivity index (χ0n) is 16.4. The Hall–Kier alpha value is -2.09. The first kappa shape index (κ1) is 21.2. The van der Waals surface area contributed by atoms with Crippen LogP contribution in [-0.4, -0.2) is 37.8 Å². The highest BCUT2D eigenvalue weighted by Gasteiger charge is 2.53. The molecule has 1 fully saturated rings. The Morgan fingerprint density at radius 2 is 1.96 bits per heavy atom. The maximum Gasteiger partial charge on any atom is 0.319 e. The van der Waals surface area contributed by atoms with E-state index in [1.54, 1.807) is 25.1 Å². The standard InChI is InChI=1S/C19H28N2O5S/c1-11-13(10-27(5,25)26)7-6-8-16(11)21-18(24)20-12(2)14-9-15(17(22)23)19(14,3)4/h6-8,12,14-15H,9-10H2,1-5H3,(H,22,23)(H2,20,21,24)/t12?,14-,15+/m0/s1. The zero-order valence-corrected chi connectivity index (χ0v) is 17.2. The molecule has 0 saturated heterocycles. The summed E-state index contributed by atoms with van der Waals surface area (Å²) in [4.78, 5) is 23.6. The van der Waals surface area contributed by atoms with E-state index in [0.717, 1.165) is 0 Å². The van der Waals surface area contributed by atoms with Crippen molar-refractivity contribution in [1.82, 2.24) is 5.32 Å². The van der Waals surface area contributed by atoms with Crippen LogP contribution in [0.2, 0.25) is 0 Å². The fraction of sp³-hybridized carbons (Fsp3) is 0.579. The normalized spacial score (nSPS) is 22.4. The molecule has 3 atom stereocenters. The third-order valence-corrected chi connectivity index (χ3v) is 6.55. The van der Waals surface area contributed by atoms with Crippen molar-refractivity contribution in [3.8, 4) is 0 Å². The van der Waals surface area contributed by atoms with Gasteiger partial charge in [-0.25, -0.2) is 13.2 Å². The first-order valence-electron chi connectivity index (χ1n) is 8.89. The molecule has 7 nitrogen and oxygen atoms in total. The third-order valence-electron chi connectivity index (χ3n) is 5.72. The first-order chi connectivity index (χ1) is 12.3. The number of aliphatic carboxylic acids is 1. The molecule has 2 rings (SSSR count). The fourth-order valence-electron chi connectivity index (χ4n) is 3.95. The monoisotopic (exact) mass is 396 g/mol. The molecule has 0 bridgehead atoms. The molecule has 1 aliphatic carbocycles. The molecular weight excluding hydrogens is 368 g/mol. The Kier molecular flexibility index (Phi) is 5.89. The smallest absolute Gasteiger partial charge is 0.319 e. The van der Waals surface area contributed by atoms with Crippen molar-refractivity contribution in [3.63, 3.8) is 0 Å². The van der Waals surface area contributed by atoms with Crippen LogP contribution in [0.25, 0.3) is 0 Å². The lowest BCUT2D eigenvalue weighted by Crippen LogP contribution is -2.57. The van der Waals surface area contributed by atoms with Gasteiger partial charge in [0, 0.05) is 18.0 Å². The summed E-state index contributed by atoms with van der Waals surface area (Å²) in [6, 6.07) is 4.58. The van der Waals surface area contributed by atoms with Crippen LogP contribution >= 0.6 is 0 Å². The summed E-state index contributed by atoms with van der Waals surface area (Å²) in [6.45, 7) is 7.47. The van der Waals surface area contributed by atoms with Gasteiger partial charge in [0.25, 0.3) is 0 Å². The molecule has 8 heteroatoms. The van der Waals surface area contributed by atoms with E-state index in [0.29, 0.717) is 23.2 Å². The van der Waals surface area contributed by atoms with Crippen LogP contribution < -0.4 is 10.6 Å². The lowest BCUT2D eigenvalue weighted by molar-refractivity contribution is -0.160.